The molecule has 0 aliphatic heterocycles. The number of benzene rings is 1. The van der Waals surface area contributed by atoms with Crippen molar-refractivity contribution in [1.29, 1.82) is 0 Å². The number of carbonyl (C=O) groups is 1. The van der Waals surface area contributed by atoms with E-state index in [9.17, 15) is 9.59 Å². The molecule has 0 saturated carbocycles. The molecule has 122 valence electrons. The van der Waals surface area contributed by atoms with Crippen molar-refractivity contribution in [3.63, 3.8) is 0 Å². The number of urea groups is 1. The van der Waals surface area contributed by atoms with Gasteiger partial charge in [0.1, 0.15) is 0 Å². The fraction of sp³-hybridized carbons (Fsp3) is 0.353. The zero-order valence-corrected chi connectivity index (χ0v) is 13.7. The number of carbonyl (C=O) groups excluding carboxylic acids is 1. The second-order valence-electron chi connectivity index (χ2n) is 6.29. The highest BCUT2D eigenvalue weighted by molar-refractivity contribution is 5.89. The van der Waals surface area contributed by atoms with Crippen LogP contribution in [0.3, 0.4) is 0 Å². The topological polar surface area (TPSA) is 76.0 Å². The Morgan fingerprint density at radius 2 is 1.87 bits per heavy atom. The first kappa shape index (κ1) is 16.7. The van der Waals surface area contributed by atoms with Gasteiger partial charge in [0.15, 0.2) is 0 Å². The lowest BCUT2D eigenvalue weighted by molar-refractivity contribution is 0.251. The number of anilines is 1. The predicted molar refractivity (Wildman–Crippen MR) is 90.7 cm³/mol. The lowest BCUT2D eigenvalue weighted by atomic mass is 9.87. The highest BCUT2D eigenvalue weighted by Crippen LogP contribution is 2.23. The maximum atomic E-state index is 11.8. The Morgan fingerprint density at radius 3 is 2.48 bits per heavy atom. The first-order chi connectivity index (χ1) is 10.9. The molecular weight excluding hydrogens is 292 g/mol. The molecule has 1 aromatic carbocycles. The van der Waals surface area contributed by atoms with Crippen molar-refractivity contribution in [2.45, 2.75) is 32.7 Å². The molecule has 0 atom stereocenters. The largest absolute Gasteiger partial charge is 0.336 e. The molecule has 0 fully saturated rings. The molecule has 2 rings (SSSR count). The molecule has 1 heterocycles. The number of amides is 2. The second kappa shape index (κ2) is 7.09. The Kier molecular flexibility index (Phi) is 5.16. The molecule has 1 aromatic heterocycles. The van der Waals surface area contributed by atoms with Crippen LogP contribution < -0.4 is 16.2 Å². The fourth-order valence-electron chi connectivity index (χ4n) is 2.06. The van der Waals surface area contributed by atoms with Gasteiger partial charge >= 0.3 is 6.03 Å². The van der Waals surface area contributed by atoms with Gasteiger partial charge in [-0.1, -0.05) is 32.9 Å². The van der Waals surface area contributed by atoms with E-state index < -0.39 is 0 Å². The van der Waals surface area contributed by atoms with Crippen molar-refractivity contribution < 1.29 is 4.79 Å². The average molecular weight is 314 g/mol. The van der Waals surface area contributed by atoms with Crippen LogP contribution in [0.1, 0.15) is 26.3 Å². The molecule has 0 aliphatic rings. The minimum atomic E-state index is -0.308. The number of hydrogen-bond donors (Lipinski definition) is 2. The second-order valence-corrected chi connectivity index (χ2v) is 6.29. The SMILES string of the molecule is CC(C)(C)c1ccc(NC(=O)NCCn2ncccc2=O)cc1. The van der Waals surface area contributed by atoms with E-state index in [0.29, 0.717) is 13.1 Å². The molecule has 0 unspecified atom stereocenters. The van der Waals surface area contributed by atoms with Crippen molar-refractivity contribution in [1.82, 2.24) is 15.1 Å². The third-order valence-corrected chi connectivity index (χ3v) is 3.40. The van der Waals surface area contributed by atoms with Crippen LogP contribution in [0.15, 0.2) is 47.4 Å². The Bertz CT molecular complexity index is 714. The van der Waals surface area contributed by atoms with Gasteiger partial charge in [-0.15, -0.1) is 0 Å². The summed E-state index contributed by atoms with van der Waals surface area (Å²) in [5.74, 6) is 0. The minimum absolute atomic E-state index is 0.0801. The van der Waals surface area contributed by atoms with Crippen molar-refractivity contribution in [2.75, 3.05) is 11.9 Å². The third kappa shape index (κ3) is 4.95. The third-order valence-electron chi connectivity index (χ3n) is 3.40. The van der Waals surface area contributed by atoms with E-state index in [-0.39, 0.29) is 17.0 Å². The van der Waals surface area contributed by atoms with Crippen LogP contribution >= 0.6 is 0 Å². The van der Waals surface area contributed by atoms with Crippen molar-refractivity contribution in [3.05, 3.63) is 58.5 Å². The van der Waals surface area contributed by atoms with E-state index in [1.807, 2.05) is 24.3 Å². The highest BCUT2D eigenvalue weighted by Gasteiger charge is 2.13. The molecule has 2 N–H and O–H groups in total. The van der Waals surface area contributed by atoms with Crippen molar-refractivity contribution in [2.24, 2.45) is 0 Å². The van der Waals surface area contributed by atoms with E-state index in [0.717, 1.165) is 5.69 Å². The van der Waals surface area contributed by atoms with Gasteiger partial charge in [-0.2, -0.15) is 5.10 Å². The lowest BCUT2D eigenvalue weighted by Gasteiger charge is -2.19. The maximum absolute atomic E-state index is 11.8. The summed E-state index contributed by atoms with van der Waals surface area (Å²) >= 11 is 0. The first-order valence-electron chi connectivity index (χ1n) is 7.54. The molecule has 0 saturated heterocycles. The zero-order valence-electron chi connectivity index (χ0n) is 13.7. The smallest absolute Gasteiger partial charge is 0.319 e. The fourth-order valence-corrected chi connectivity index (χ4v) is 2.06. The van der Waals surface area contributed by atoms with Gasteiger partial charge in [0.05, 0.1) is 6.54 Å². The molecule has 0 spiro atoms. The lowest BCUT2D eigenvalue weighted by Crippen LogP contribution is -2.34. The first-order valence-corrected chi connectivity index (χ1v) is 7.54. The van der Waals surface area contributed by atoms with Gasteiger partial charge in [0.2, 0.25) is 0 Å². The Hall–Kier alpha value is -2.63. The Morgan fingerprint density at radius 1 is 1.17 bits per heavy atom. The normalized spacial score (nSPS) is 11.1. The molecule has 6 heteroatoms. The van der Waals surface area contributed by atoms with E-state index in [1.165, 1.54) is 22.5 Å². The van der Waals surface area contributed by atoms with Crippen LogP contribution in [-0.2, 0) is 12.0 Å². The summed E-state index contributed by atoms with van der Waals surface area (Å²) in [4.78, 5) is 23.3. The zero-order chi connectivity index (χ0) is 16.9. The summed E-state index contributed by atoms with van der Waals surface area (Å²) in [5.41, 5.74) is 1.83. The van der Waals surface area contributed by atoms with Crippen LogP contribution in [0.5, 0.6) is 0 Å². The molecule has 2 amide bonds. The summed E-state index contributed by atoms with van der Waals surface area (Å²) < 4.78 is 1.30. The quantitative estimate of drug-likeness (QED) is 0.909. The highest BCUT2D eigenvalue weighted by atomic mass is 16.2. The number of rotatable bonds is 4. The maximum Gasteiger partial charge on any atom is 0.319 e. The van der Waals surface area contributed by atoms with Gasteiger partial charge in [0, 0.05) is 24.5 Å². The van der Waals surface area contributed by atoms with Gasteiger partial charge in [-0.3, -0.25) is 4.79 Å². The number of nitrogens with one attached hydrogen (secondary N) is 2. The Balaban J connectivity index is 1.83. The summed E-state index contributed by atoms with van der Waals surface area (Å²) in [6, 6.07) is 10.5. The van der Waals surface area contributed by atoms with E-state index in [4.69, 9.17) is 0 Å². The number of aromatic nitrogens is 2. The summed E-state index contributed by atoms with van der Waals surface area (Å²) in [7, 11) is 0. The summed E-state index contributed by atoms with van der Waals surface area (Å²) in [6.45, 7) is 7.07. The van der Waals surface area contributed by atoms with Crippen LogP contribution in [0.25, 0.3) is 0 Å². The van der Waals surface area contributed by atoms with Crippen LogP contribution in [0, 0.1) is 0 Å². The summed E-state index contributed by atoms with van der Waals surface area (Å²) in [6.07, 6.45) is 1.54. The minimum Gasteiger partial charge on any atom is -0.336 e. The molecule has 0 radical (unpaired) electrons. The molecule has 0 aliphatic carbocycles. The Labute approximate surface area is 135 Å². The predicted octanol–water partition coefficient (Wildman–Crippen LogP) is 2.36. The standard InChI is InChI=1S/C17H22N4O2/c1-17(2,3)13-6-8-14(9-7-13)20-16(23)18-11-12-21-15(22)5-4-10-19-21/h4-10H,11-12H2,1-3H3,(H2,18,20,23). The van der Waals surface area contributed by atoms with Gasteiger partial charge in [-0.05, 0) is 29.2 Å². The van der Waals surface area contributed by atoms with Gasteiger partial charge in [0.25, 0.3) is 5.56 Å². The number of hydrogen-bond acceptors (Lipinski definition) is 3. The molecule has 6 nitrogen and oxygen atoms in total. The molecule has 23 heavy (non-hydrogen) atoms. The van der Waals surface area contributed by atoms with Crippen LogP contribution in [-0.4, -0.2) is 22.4 Å². The van der Waals surface area contributed by atoms with Gasteiger partial charge in [-0.25, -0.2) is 9.48 Å². The van der Waals surface area contributed by atoms with E-state index in [2.05, 4.69) is 36.5 Å². The average Bonchev–Trinajstić information content (AvgIpc) is 2.49. The molecule has 0 bridgehead atoms. The van der Waals surface area contributed by atoms with E-state index in [1.54, 1.807) is 6.07 Å². The van der Waals surface area contributed by atoms with Crippen molar-refractivity contribution >= 4 is 11.7 Å². The summed E-state index contributed by atoms with van der Waals surface area (Å²) in [5, 5.41) is 9.39. The molecule has 2 aromatic rings. The number of nitrogens with zero attached hydrogens (tertiary/aromatic N) is 2. The van der Waals surface area contributed by atoms with Gasteiger partial charge < -0.3 is 10.6 Å². The van der Waals surface area contributed by atoms with Crippen LogP contribution in [0.2, 0.25) is 0 Å². The monoisotopic (exact) mass is 314 g/mol. The van der Waals surface area contributed by atoms with Crippen LogP contribution in [0.4, 0.5) is 10.5 Å². The van der Waals surface area contributed by atoms with E-state index >= 15 is 0 Å². The van der Waals surface area contributed by atoms with Crippen molar-refractivity contribution in [3.8, 4) is 0 Å². The molecular formula is C17H22N4O2.